The van der Waals surface area contributed by atoms with Gasteiger partial charge >= 0.3 is 0 Å². The van der Waals surface area contributed by atoms with Crippen LogP contribution in [0.5, 0.6) is 0 Å². The summed E-state index contributed by atoms with van der Waals surface area (Å²) in [5.74, 6) is -0.711. The molecule has 4 N–H and O–H groups in total. The smallest absolute Gasteiger partial charge is 0.280 e. The van der Waals surface area contributed by atoms with E-state index in [1.165, 1.54) is 0 Å². The summed E-state index contributed by atoms with van der Waals surface area (Å²) in [6, 6.07) is 5.50. The predicted molar refractivity (Wildman–Crippen MR) is 98.3 cm³/mol. The zero-order valence-corrected chi connectivity index (χ0v) is 13.8. The fourth-order valence-corrected chi connectivity index (χ4v) is 3.04. The topological polar surface area (TPSA) is 93.8 Å². The fraction of sp³-hybridized carbons (Fsp3) is 0.167. The standard InChI is InChI=1S/C18H17ClN4O/c19-16-14(5-1-2-9-22-16)13-6-3-4-11-7-8-12(10-15(11)13)17(24)23-18(20)21/h1-2,5-8,10H,3-4,9H2,(H4,20,21,23,24). The average Bonchev–Trinajstić information content (AvgIpc) is 2.77. The van der Waals surface area contributed by atoms with Gasteiger partial charge in [-0.05, 0) is 41.7 Å². The molecule has 6 heteroatoms. The number of allylic oxidation sites excluding steroid dienone is 5. The van der Waals surface area contributed by atoms with E-state index in [1.807, 2.05) is 30.4 Å². The number of fused-ring (bicyclic) bond motifs is 1. The highest BCUT2D eigenvalue weighted by Gasteiger charge is 2.20. The van der Waals surface area contributed by atoms with Crippen molar-refractivity contribution in [3.05, 3.63) is 64.8 Å². The number of hydrogen-bond acceptors (Lipinski definition) is 2. The van der Waals surface area contributed by atoms with Gasteiger partial charge in [-0.25, -0.2) is 0 Å². The molecule has 1 aliphatic heterocycles. The van der Waals surface area contributed by atoms with Crippen molar-refractivity contribution in [3.8, 4) is 0 Å². The number of halogens is 1. The van der Waals surface area contributed by atoms with Gasteiger partial charge in [-0.1, -0.05) is 42.0 Å². The Morgan fingerprint density at radius 2 is 2.08 bits per heavy atom. The van der Waals surface area contributed by atoms with Crippen LogP contribution >= 0.6 is 11.6 Å². The Morgan fingerprint density at radius 3 is 2.88 bits per heavy atom. The van der Waals surface area contributed by atoms with E-state index >= 15 is 0 Å². The Hall–Kier alpha value is -2.66. The Bertz CT molecular complexity index is 843. The van der Waals surface area contributed by atoms with Gasteiger partial charge in [0, 0.05) is 11.1 Å². The molecule has 0 unspecified atom stereocenters. The number of guanidine groups is 1. The van der Waals surface area contributed by atoms with Crippen molar-refractivity contribution in [2.75, 3.05) is 6.54 Å². The van der Waals surface area contributed by atoms with Gasteiger partial charge in [0.2, 0.25) is 0 Å². The summed E-state index contributed by atoms with van der Waals surface area (Å²) in [5, 5.41) is 0.472. The van der Waals surface area contributed by atoms with Gasteiger partial charge in [0.05, 0.1) is 6.54 Å². The number of nitrogens with two attached hydrogens (primary N) is 2. The molecule has 0 aromatic heterocycles. The molecule has 24 heavy (non-hydrogen) atoms. The van der Waals surface area contributed by atoms with Gasteiger partial charge in [-0.15, -0.1) is 0 Å². The minimum absolute atomic E-state index is 0.250. The number of aliphatic imine (C=N–C) groups is 2. The molecule has 0 fully saturated rings. The van der Waals surface area contributed by atoms with Crippen LogP contribution in [-0.2, 0) is 6.42 Å². The molecule has 3 rings (SSSR count). The normalized spacial score (nSPS) is 16.3. The third-order valence-electron chi connectivity index (χ3n) is 3.89. The number of hydrogen-bond donors (Lipinski definition) is 2. The first-order chi connectivity index (χ1) is 11.6. The van der Waals surface area contributed by atoms with Crippen LogP contribution in [0.15, 0.2) is 58.1 Å². The minimum Gasteiger partial charge on any atom is -0.370 e. The summed E-state index contributed by atoms with van der Waals surface area (Å²) in [7, 11) is 0. The number of nitrogens with zero attached hydrogens (tertiary/aromatic N) is 2. The molecule has 1 heterocycles. The van der Waals surface area contributed by atoms with E-state index in [0.29, 0.717) is 17.3 Å². The maximum Gasteiger partial charge on any atom is 0.280 e. The molecular weight excluding hydrogens is 324 g/mol. The monoisotopic (exact) mass is 340 g/mol. The summed E-state index contributed by atoms with van der Waals surface area (Å²) in [4.78, 5) is 20.0. The molecule has 1 aromatic carbocycles. The molecule has 0 saturated heterocycles. The maximum absolute atomic E-state index is 12.1. The lowest BCUT2D eigenvalue weighted by Gasteiger charge is -2.20. The highest BCUT2D eigenvalue weighted by atomic mass is 35.5. The predicted octanol–water partition coefficient (Wildman–Crippen LogP) is 2.56. The first-order valence-electron chi connectivity index (χ1n) is 7.61. The van der Waals surface area contributed by atoms with Crippen LogP contribution in [-0.4, -0.2) is 23.6 Å². The van der Waals surface area contributed by atoms with E-state index in [9.17, 15) is 4.79 Å². The summed E-state index contributed by atoms with van der Waals surface area (Å²) in [5.41, 5.74) is 15.0. The van der Waals surface area contributed by atoms with E-state index in [-0.39, 0.29) is 5.96 Å². The molecule has 1 amide bonds. The number of benzene rings is 1. The van der Waals surface area contributed by atoms with Crippen LogP contribution < -0.4 is 11.5 Å². The van der Waals surface area contributed by atoms with E-state index < -0.39 is 5.91 Å². The number of carbonyl (C=O) groups is 1. The Kier molecular flexibility index (Phi) is 4.62. The largest absolute Gasteiger partial charge is 0.370 e. The van der Waals surface area contributed by atoms with Crippen LogP contribution in [0.4, 0.5) is 0 Å². The molecular formula is C18H17ClN4O. The molecule has 0 radical (unpaired) electrons. The van der Waals surface area contributed by atoms with Crippen LogP contribution in [0.25, 0.3) is 5.57 Å². The third kappa shape index (κ3) is 3.31. The Balaban J connectivity index is 2.06. The second kappa shape index (κ2) is 6.84. The van der Waals surface area contributed by atoms with Crippen LogP contribution in [0, 0.1) is 0 Å². The van der Waals surface area contributed by atoms with Crippen molar-refractivity contribution in [2.24, 2.45) is 21.5 Å². The zero-order chi connectivity index (χ0) is 17.1. The van der Waals surface area contributed by atoms with Gasteiger partial charge in [-0.2, -0.15) is 4.99 Å². The third-order valence-corrected chi connectivity index (χ3v) is 4.21. The quantitative estimate of drug-likeness (QED) is 0.640. The van der Waals surface area contributed by atoms with Crippen molar-refractivity contribution in [2.45, 2.75) is 12.8 Å². The second-order valence-corrected chi connectivity index (χ2v) is 5.87. The maximum atomic E-state index is 12.1. The van der Waals surface area contributed by atoms with E-state index in [2.05, 4.69) is 16.1 Å². The van der Waals surface area contributed by atoms with E-state index in [0.717, 1.165) is 35.1 Å². The average molecular weight is 341 g/mol. The van der Waals surface area contributed by atoms with E-state index in [1.54, 1.807) is 6.07 Å². The van der Waals surface area contributed by atoms with Gasteiger partial charge < -0.3 is 11.5 Å². The van der Waals surface area contributed by atoms with Gasteiger partial charge in [0.15, 0.2) is 5.96 Å². The van der Waals surface area contributed by atoms with Gasteiger partial charge in [0.1, 0.15) is 5.17 Å². The molecule has 0 saturated carbocycles. The van der Waals surface area contributed by atoms with E-state index in [4.69, 9.17) is 23.1 Å². The van der Waals surface area contributed by atoms with Crippen molar-refractivity contribution in [1.29, 1.82) is 0 Å². The van der Waals surface area contributed by atoms with Crippen molar-refractivity contribution >= 4 is 34.2 Å². The fourth-order valence-electron chi connectivity index (χ4n) is 2.81. The number of rotatable bonds is 2. The second-order valence-electron chi connectivity index (χ2n) is 5.51. The molecule has 0 atom stereocenters. The molecule has 1 aromatic rings. The van der Waals surface area contributed by atoms with Crippen molar-refractivity contribution in [1.82, 2.24) is 0 Å². The first kappa shape index (κ1) is 16.2. The van der Waals surface area contributed by atoms with Crippen LogP contribution in [0.1, 0.15) is 27.9 Å². The summed E-state index contributed by atoms with van der Waals surface area (Å²) >= 11 is 6.34. The Morgan fingerprint density at radius 1 is 1.25 bits per heavy atom. The SMILES string of the molecule is NC(N)=NC(=O)c1ccc2c(c1)C(C1=CC=CCN=C1Cl)=CCC2. The summed E-state index contributed by atoms with van der Waals surface area (Å²) in [6.45, 7) is 0.558. The lowest BCUT2D eigenvalue weighted by Crippen LogP contribution is -2.24. The van der Waals surface area contributed by atoms with Crippen LogP contribution in [0.3, 0.4) is 0 Å². The summed E-state index contributed by atoms with van der Waals surface area (Å²) in [6.07, 6.45) is 9.78. The highest BCUT2D eigenvalue weighted by Crippen LogP contribution is 2.34. The van der Waals surface area contributed by atoms with Crippen molar-refractivity contribution < 1.29 is 4.79 Å². The van der Waals surface area contributed by atoms with Crippen molar-refractivity contribution in [3.63, 3.8) is 0 Å². The minimum atomic E-state index is -0.461. The molecule has 0 spiro atoms. The molecule has 2 aliphatic rings. The Labute approximate surface area is 145 Å². The zero-order valence-electron chi connectivity index (χ0n) is 13.0. The molecule has 1 aliphatic carbocycles. The number of aryl methyl sites for hydroxylation is 1. The summed E-state index contributed by atoms with van der Waals surface area (Å²) < 4.78 is 0. The number of carbonyl (C=O) groups excluding carboxylic acids is 1. The van der Waals surface area contributed by atoms with Crippen LogP contribution in [0.2, 0.25) is 0 Å². The molecule has 0 bridgehead atoms. The first-order valence-corrected chi connectivity index (χ1v) is 7.99. The lowest BCUT2D eigenvalue weighted by atomic mass is 9.85. The highest BCUT2D eigenvalue weighted by molar-refractivity contribution is 6.71. The molecule has 122 valence electrons. The molecule has 5 nitrogen and oxygen atoms in total. The van der Waals surface area contributed by atoms with Gasteiger partial charge in [0.25, 0.3) is 5.91 Å². The lowest BCUT2D eigenvalue weighted by molar-refractivity contribution is 0.100. The number of amides is 1. The van der Waals surface area contributed by atoms with Gasteiger partial charge in [-0.3, -0.25) is 9.79 Å².